The van der Waals surface area contributed by atoms with Crippen LogP contribution in [-0.2, 0) is 9.59 Å². The topological polar surface area (TPSA) is 66.4 Å². The second-order valence-electron chi connectivity index (χ2n) is 3.83. The van der Waals surface area contributed by atoms with Crippen molar-refractivity contribution in [3.8, 4) is 0 Å². The molecule has 0 radical (unpaired) electrons. The third kappa shape index (κ3) is 4.63. The van der Waals surface area contributed by atoms with Gasteiger partial charge in [0.15, 0.2) is 0 Å². The maximum absolute atomic E-state index is 11.5. The maximum Gasteiger partial charge on any atom is 0.326 e. The zero-order valence-corrected chi connectivity index (χ0v) is 9.70. The first kappa shape index (κ1) is 13.7. The Hall–Kier alpha value is -1.32. The van der Waals surface area contributed by atoms with Gasteiger partial charge in [-0.25, -0.2) is 4.79 Å². The highest BCUT2D eigenvalue weighted by molar-refractivity contribution is 5.95. The molecule has 4 heteroatoms. The van der Waals surface area contributed by atoms with E-state index in [4.69, 9.17) is 5.11 Å². The molecule has 0 aliphatic rings. The van der Waals surface area contributed by atoms with Crippen LogP contribution in [0.25, 0.3) is 0 Å². The van der Waals surface area contributed by atoms with Gasteiger partial charge in [-0.2, -0.15) is 0 Å². The van der Waals surface area contributed by atoms with Crippen LogP contribution in [0.4, 0.5) is 0 Å². The van der Waals surface area contributed by atoms with Gasteiger partial charge in [0, 0.05) is 5.57 Å². The van der Waals surface area contributed by atoms with E-state index in [-0.39, 0.29) is 11.8 Å². The number of carboxylic acid groups (broad SMARTS) is 1. The fourth-order valence-corrected chi connectivity index (χ4v) is 1.17. The zero-order valence-electron chi connectivity index (χ0n) is 9.70. The monoisotopic (exact) mass is 213 g/mol. The van der Waals surface area contributed by atoms with E-state index in [1.54, 1.807) is 26.8 Å². The molecular formula is C11H19NO3. The highest BCUT2D eigenvalue weighted by Gasteiger charge is 2.23. The number of allylic oxidation sites excluding steroid dienone is 1. The standard InChI is InChI=1S/C11H19NO3/c1-5-6-8(4)10(13)12-9(7(2)3)11(14)15/h6-7,9H,5H2,1-4H3,(H,12,13)(H,14,15)/b8-6+. The number of aliphatic carboxylic acids is 1. The first-order chi connectivity index (χ1) is 6.90. The second-order valence-corrected chi connectivity index (χ2v) is 3.83. The van der Waals surface area contributed by atoms with Crippen LogP contribution in [-0.4, -0.2) is 23.0 Å². The van der Waals surface area contributed by atoms with Gasteiger partial charge >= 0.3 is 5.97 Å². The summed E-state index contributed by atoms with van der Waals surface area (Å²) >= 11 is 0. The minimum atomic E-state index is -0.998. The summed E-state index contributed by atoms with van der Waals surface area (Å²) < 4.78 is 0. The van der Waals surface area contributed by atoms with Crippen LogP contribution in [0.1, 0.15) is 34.1 Å². The van der Waals surface area contributed by atoms with Gasteiger partial charge in [-0.3, -0.25) is 4.79 Å². The molecule has 0 aliphatic heterocycles. The van der Waals surface area contributed by atoms with Gasteiger partial charge < -0.3 is 10.4 Å². The van der Waals surface area contributed by atoms with E-state index in [1.807, 2.05) is 6.92 Å². The lowest BCUT2D eigenvalue weighted by atomic mass is 10.0. The van der Waals surface area contributed by atoms with Crippen molar-refractivity contribution in [3.05, 3.63) is 11.6 Å². The number of amides is 1. The van der Waals surface area contributed by atoms with E-state index in [0.717, 1.165) is 6.42 Å². The summed E-state index contributed by atoms with van der Waals surface area (Å²) in [6, 6.07) is -0.822. The lowest BCUT2D eigenvalue weighted by Crippen LogP contribution is -2.44. The fourth-order valence-electron chi connectivity index (χ4n) is 1.17. The van der Waals surface area contributed by atoms with Gasteiger partial charge in [0.1, 0.15) is 6.04 Å². The molecule has 0 aromatic carbocycles. The highest BCUT2D eigenvalue weighted by atomic mass is 16.4. The molecule has 0 saturated heterocycles. The van der Waals surface area contributed by atoms with Crippen molar-refractivity contribution in [2.24, 2.45) is 5.92 Å². The molecule has 1 atom stereocenters. The molecule has 0 fully saturated rings. The molecule has 0 saturated carbocycles. The third-order valence-corrected chi connectivity index (χ3v) is 2.09. The SMILES string of the molecule is CC/C=C(\C)C(=O)NC(C(=O)O)C(C)C. The molecule has 0 spiro atoms. The van der Waals surface area contributed by atoms with E-state index >= 15 is 0 Å². The summed E-state index contributed by atoms with van der Waals surface area (Å²) in [7, 11) is 0. The number of carboxylic acids is 1. The van der Waals surface area contributed by atoms with Gasteiger partial charge in [0.05, 0.1) is 0 Å². The van der Waals surface area contributed by atoms with E-state index < -0.39 is 12.0 Å². The Bertz CT molecular complexity index is 269. The molecule has 0 heterocycles. The first-order valence-electron chi connectivity index (χ1n) is 5.10. The maximum atomic E-state index is 11.5. The van der Waals surface area contributed by atoms with Gasteiger partial charge in [0.25, 0.3) is 0 Å². The van der Waals surface area contributed by atoms with Gasteiger partial charge in [-0.1, -0.05) is 26.8 Å². The summed E-state index contributed by atoms with van der Waals surface area (Å²) in [6.45, 7) is 7.13. The molecular weight excluding hydrogens is 194 g/mol. The van der Waals surface area contributed by atoms with Gasteiger partial charge in [0.2, 0.25) is 5.91 Å². The lowest BCUT2D eigenvalue weighted by Gasteiger charge is -2.17. The Morgan fingerprint density at radius 1 is 1.40 bits per heavy atom. The van der Waals surface area contributed by atoms with Crippen LogP contribution in [0.3, 0.4) is 0 Å². The quantitative estimate of drug-likeness (QED) is 0.681. The number of rotatable bonds is 5. The summed E-state index contributed by atoms with van der Waals surface area (Å²) in [5, 5.41) is 11.4. The molecule has 0 bridgehead atoms. The molecule has 4 nitrogen and oxygen atoms in total. The van der Waals surface area contributed by atoms with Crippen molar-refractivity contribution in [1.82, 2.24) is 5.32 Å². The van der Waals surface area contributed by atoms with Crippen LogP contribution < -0.4 is 5.32 Å². The average Bonchev–Trinajstić information content (AvgIpc) is 2.12. The molecule has 1 unspecified atom stereocenters. The van der Waals surface area contributed by atoms with E-state index in [1.165, 1.54) is 0 Å². The van der Waals surface area contributed by atoms with Crippen LogP contribution >= 0.6 is 0 Å². The Labute approximate surface area is 90.4 Å². The summed E-state index contributed by atoms with van der Waals surface area (Å²) in [6.07, 6.45) is 2.53. The molecule has 0 aromatic rings. The lowest BCUT2D eigenvalue weighted by molar-refractivity contribution is -0.142. The number of hydrogen-bond donors (Lipinski definition) is 2. The van der Waals surface area contributed by atoms with Crippen LogP contribution in [0.2, 0.25) is 0 Å². The number of carbonyl (C=O) groups excluding carboxylic acids is 1. The summed E-state index contributed by atoms with van der Waals surface area (Å²) in [4.78, 5) is 22.3. The molecule has 0 rings (SSSR count). The number of nitrogens with one attached hydrogen (secondary N) is 1. The van der Waals surface area contributed by atoms with Crippen LogP contribution in [0.5, 0.6) is 0 Å². The van der Waals surface area contributed by atoms with Crippen LogP contribution in [0.15, 0.2) is 11.6 Å². The minimum absolute atomic E-state index is 0.124. The first-order valence-corrected chi connectivity index (χ1v) is 5.10. The van der Waals surface area contributed by atoms with E-state index in [2.05, 4.69) is 5.32 Å². The second kappa shape index (κ2) is 6.22. The van der Waals surface area contributed by atoms with E-state index in [9.17, 15) is 9.59 Å². The Morgan fingerprint density at radius 2 is 1.93 bits per heavy atom. The molecule has 1 amide bonds. The van der Waals surface area contributed by atoms with Gasteiger partial charge in [-0.05, 0) is 19.3 Å². The largest absolute Gasteiger partial charge is 0.480 e. The van der Waals surface area contributed by atoms with Crippen molar-refractivity contribution in [3.63, 3.8) is 0 Å². The Kier molecular flexibility index (Phi) is 5.67. The van der Waals surface area contributed by atoms with Crippen molar-refractivity contribution in [1.29, 1.82) is 0 Å². The normalized spacial score (nSPS) is 13.8. The zero-order chi connectivity index (χ0) is 12.0. The van der Waals surface area contributed by atoms with Gasteiger partial charge in [-0.15, -0.1) is 0 Å². The predicted octanol–water partition coefficient (Wildman–Crippen LogP) is 1.57. The molecule has 2 N–H and O–H groups in total. The van der Waals surface area contributed by atoms with E-state index in [0.29, 0.717) is 5.57 Å². The van der Waals surface area contributed by atoms with Crippen molar-refractivity contribution >= 4 is 11.9 Å². The van der Waals surface area contributed by atoms with Crippen LogP contribution in [0, 0.1) is 5.92 Å². The van der Waals surface area contributed by atoms with Crippen molar-refractivity contribution in [2.45, 2.75) is 40.2 Å². The summed E-state index contributed by atoms with van der Waals surface area (Å²) in [5.41, 5.74) is 0.560. The summed E-state index contributed by atoms with van der Waals surface area (Å²) in [5.74, 6) is -1.43. The average molecular weight is 213 g/mol. The Morgan fingerprint density at radius 3 is 2.27 bits per heavy atom. The number of carbonyl (C=O) groups is 2. The molecule has 15 heavy (non-hydrogen) atoms. The minimum Gasteiger partial charge on any atom is -0.480 e. The Balaban J connectivity index is 4.49. The van der Waals surface area contributed by atoms with Crippen molar-refractivity contribution < 1.29 is 14.7 Å². The molecule has 0 aliphatic carbocycles. The molecule has 0 aromatic heterocycles. The third-order valence-electron chi connectivity index (χ3n) is 2.09. The smallest absolute Gasteiger partial charge is 0.326 e. The predicted molar refractivity (Wildman–Crippen MR) is 58.5 cm³/mol. The highest BCUT2D eigenvalue weighted by Crippen LogP contribution is 2.04. The molecule has 86 valence electrons. The fraction of sp³-hybridized carbons (Fsp3) is 0.636. The van der Waals surface area contributed by atoms with Crippen molar-refractivity contribution in [2.75, 3.05) is 0 Å². The number of hydrogen-bond acceptors (Lipinski definition) is 2.